The van der Waals surface area contributed by atoms with Gasteiger partial charge in [-0.2, -0.15) is 0 Å². The molecule has 0 bridgehead atoms. The molecular formula is C56H38N2. The van der Waals surface area contributed by atoms with Gasteiger partial charge in [0.05, 0.1) is 16.7 Å². The summed E-state index contributed by atoms with van der Waals surface area (Å²) >= 11 is 0. The Hall–Kier alpha value is -7.68. The fourth-order valence-corrected chi connectivity index (χ4v) is 8.89. The van der Waals surface area contributed by atoms with Crippen LogP contribution < -0.4 is 4.90 Å². The van der Waals surface area contributed by atoms with E-state index in [2.05, 4.69) is 240 Å². The molecule has 11 rings (SSSR count). The third kappa shape index (κ3) is 5.74. The molecule has 0 N–H and O–H groups in total. The molecule has 58 heavy (non-hydrogen) atoms. The van der Waals surface area contributed by atoms with Gasteiger partial charge in [0.1, 0.15) is 0 Å². The second-order valence-corrected chi connectivity index (χ2v) is 14.9. The molecule has 0 aliphatic rings. The zero-order chi connectivity index (χ0) is 38.4. The average Bonchev–Trinajstić information content (AvgIpc) is 3.63. The first kappa shape index (κ1) is 33.6. The normalized spacial score (nSPS) is 11.4. The topological polar surface area (TPSA) is 8.17 Å². The summed E-state index contributed by atoms with van der Waals surface area (Å²) in [7, 11) is 0. The molecule has 1 aromatic heterocycles. The van der Waals surface area contributed by atoms with Crippen LogP contribution in [0.4, 0.5) is 17.1 Å². The summed E-state index contributed by atoms with van der Waals surface area (Å²) in [4.78, 5) is 2.38. The lowest BCUT2D eigenvalue weighted by Gasteiger charge is -2.27. The van der Waals surface area contributed by atoms with Crippen molar-refractivity contribution in [3.05, 3.63) is 231 Å². The Labute approximate surface area is 338 Å². The molecule has 0 unspecified atom stereocenters. The number of fused-ring (bicyclic) bond motifs is 5. The first-order chi connectivity index (χ1) is 28.8. The molecule has 2 nitrogen and oxygen atoms in total. The van der Waals surface area contributed by atoms with Crippen LogP contribution in [-0.4, -0.2) is 4.57 Å². The van der Waals surface area contributed by atoms with Gasteiger partial charge >= 0.3 is 0 Å². The van der Waals surface area contributed by atoms with Crippen LogP contribution >= 0.6 is 0 Å². The van der Waals surface area contributed by atoms with Gasteiger partial charge in [-0.05, 0) is 104 Å². The number of benzene rings is 10. The maximum atomic E-state index is 2.41. The van der Waals surface area contributed by atoms with Gasteiger partial charge in [0, 0.05) is 33.4 Å². The van der Waals surface area contributed by atoms with Crippen molar-refractivity contribution in [3.63, 3.8) is 0 Å². The van der Waals surface area contributed by atoms with Gasteiger partial charge in [0.2, 0.25) is 0 Å². The minimum Gasteiger partial charge on any atom is -0.310 e. The molecule has 0 saturated carbocycles. The first-order valence-corrected chi connectivity index (χ1v) is 19.9. The van der Waals surface area contributed by atoms with Gasteiger partial charge in [-0.3, -0.25) is 0 Å². The van der Waals surface area contributed by atoms with E-state index in [1.54, 1.807) is 0 Å². The lowest BCUT2D eigenvalue weighted by Crippen LogP contribution is -2.10. The molecule has 0 aliphatic carbocycles. The van der Waals surface area contributed by atoms with Crippen LogP contribution in [0, 0.1) is 0 Å². The van der Waals surface area contributed by atoms with Crippen molar-refractivity contribution >= 4 is 60.4 Å². The molecule has 0 fully saturated rings. The maximum absolute atomic E-state index is 2.41. The quantitative estimate of drug-likeness (QED) is 0.158. The summed E-state index contributed by atoms with van der Waals surface area (Å²) in [5.41, 5.74) is 14.0. The molecule has 0 atom stereocenters. The van der Waals surface area contributed by atoms with Gasteiger partial charge in [-0.15, -0.1) is 0 Å². The molecule has 10 aromatic carbocycles. The van der Waals surface area contributed by atoms with Crippen LogP contribution in [0.3, 0.4) is 0 Å². The number of anilines is 3. The second-order valence-electron chi connectivity index (χ2n) is 14.9. The first-order valence-electron chi connectivity index (χ1n) is 19.9. The SMILES string of the molecule is c1cc(-c2cccc3ccccc23)cc(N(c2ccc(-c3ccccc3-n3c4ccccc4c4ccccc43)cc2)c2ccc(-c3cccc4ccccc34)cc2)c1. The smallest absolute Gasteiger partial charge is 0.0541 e. The molecular weight excluding hydrogens is 701 g/mol. The van der Waals surface area contributed by atoms with Gasteiger partial charge < -0.3 is 9.47 Å². The minimum absolute atomic E-state index is 1.09. The van der Waals surface area contributed by atoms with Gasteiger partial charge in [0.15, 0.2) is 0 Å². The fraction of sp³-hybridized carbons (Fsp3) is 0. The third-order valence-corrected chi connectivity index (χ3v) is 11.6. The van der Waals surface area contributed by atoms with Crippen molar-refractivity contribution in [2.24, 2.45) is 0 Å². The van der Waals surface area contributed by atoms with Crippen LogP contribution in [0.25, 0.3) is 82.4 Å². The van der Waals surface area contributed by atoms with Crippen molar-refractivity contribution in [3.8, 4) is 39.1 Å². The van der Waals surface area contributed by atoms with Gasteiger partial charge in [-0.25, -0.2) is 0 Å². The van der Waals surface area contributed by atoms with E-state index in [-0.39, 0.29) is 0 Å². The monoisotopic (exact) mass is 738 g/mol. The molecule has 11 aromatic rings. The molecule has 0 saturated heterocycles. The summed E-state index contributed by atoms with van der Waals surface area (Å²) in [6.07, 6.45) is 0. The zero-order valence-corrected chi connectivity index (χ0v) is 31.8. The number of aromatic nitrogens is 1. The van der Waals surface area contributed by atoms with Gasteiger partial charge in [0.25, 0.3) is 0 Å². The zero-order valence-electron chi connectivity index (χ0n) is 31.8. The average molecular weight is 739 g/mol. The number of para-hydroxylation sites is 3. The van der Waals surface area contributed by atoms with Crippen LogP contribution in [0.1, 0.15) is 0 Å². The Balaban J connectivity index is 1.04. The summed E-state index contributed by atoms with van der Waals surface area (Å²) in [5.74, 6) is 0. The number of rotatable bonds is 7. The van der Waals surface area contributed by atoms with Crippen molar-refractivity contribution in [2.75, 3.05) is 4.90 Å². The Morgan fingerprint density at radius 2 is 0.707 bits per heavy atom. The van der Waals surface area contributed by atoms with E-state index in [1.165, 1.54) is 71.2 Å². The molecule has 0 radical (unpaired) electrons. The minimum atomic E-state index is 1.09. The Morgan fingerprint density at radius 3 is 1.31 bits per heavy atom. The largest absolute Gasteiger partial charge is 0.310 e. The van der Waals surface area contributed by atoms with Crippen LogP contribution in [0.15, 0.2) is 231 Å². The second kappa shape index (κ2) is 14.1. The highest BCUT2D eigenvalue weighted by Crippen LogP contribution is 2.41. The summed E-state index contributed by atoms with van der Waals surface area (Å²) in [6.45, 7) is 0. The lowest BCUT2D eigenvalue weighted by atomic mass is 9.97. The van der Waals surface area contributed by atoms with E-state index in [0.717, 1.165) is 28.3 Å². The molecule has 1 heterocycles. The standard InChI is InChI=1S/C56H38N2/c1-3-20-47-39(14-1)16-12-25-49(47)41-30-34-44(35-31-41)57(46-19-11-18-43(38-46)50-26-13-17-40-15-2-4-21-48(40)50)45-36-32-42(33-37-45)51-22-5-8-27-54(51)58-55-28-9-6-23-52(55)53-24-7-10-29-56(53)58/h1-38H. The molecule has 0 spiro atoms. The lowest BCUT2D eigenvalue weighted by molar-refractivity contribution is 1.18. The predicted octanol–water partition coefficient (Wildman–Crippen LogP) is 15.6. The van der Waals surface area contributed by atoms with Gasteiger partial charge in [-0.1, -0.05) is 176 Å². The van der Waals surface area contributed by atoms with Crippen molar-refractivity contribution in [2.45, 2.75) is 0 Å². The highest BCUT2D eigenvalue weighted by molar-refractivity contribution is 6.10. The fourth-order valence-electron chi connectivity index (χ4n) is 8.89. The van der Waals surface area contributed by atoms with Crippen molar-refractivity contribution in [1.82, 2.24) is 4.57 Å². The summed E-state index contributed by atoms with van der Waals surface area (Å²) < 4.78 is 2.41. The van der Waals surface area contributed by atoms with Crippen LogP contribution in [-0.2, 0) is 0 Å². The molecule has 0 amide bonds. The maximum Gasteiger partial charge on any atom is 0.0541 e. The predicted molar refractivity (Wildman–Crippen MR) is 247 cm³/mol. The Kier molecular flexibility index (Phi) is 8.19. The molecule has 272 valence electrons. The number of hydrogen-bond donors (Lipinski definition) is 0. The Morgan fingerprint density at radius 1 is 0.276 bits per heavy atom. The summed E-state index contributed by atoms with van der Waals surface area (Å²) in [5, 5.41) is 7.51. The van der Waals surface area contributed by atoms with E-state index in [0.29, 0.717) is 0 Å². The van der Waals surface area contributed by atoms with E-state index >= 15 is 0 Å². The van der Waals surface area contributed by atoms with Crippen molar-refractivity contribution in [1.29, 1.82) is 0 Å². The highest BCUT2D eigenvalue weighted by Gasteiger charge is 2.18. The number of hydrogen-bond acceptors (Lipinski definition) is 1. The van der Waals surface area contributed by atoms with E-state index in [9.17, 15) is 0 Å². The van der Waals surface area contributed by atoms with E-state index < -0.39 is 0 Å². The Bertz CT molecular complexity index is 3220. The van der Waals surface area contributed by atoms with E-state index in [1.807, 2.05) is 0 Å². The van der Waals surface area contributed by atoms with Crippen LogP contribution in [0.5, 0.6) is 0 Å². The van der Waals surface area contributed by atoms with Crippen LogP contribution in [0.2, 0.25) is 0 Å². The van der Waals surface area contributed by atoms with Crippen molar-refractivity contribution < 1.29 is 0 Å². The number of nitrogens with zero attached hydrogens (tertiary/aromatic N) is 2. The molecule has 0 aliphatic heterocycles. The van der Waals surface area contributed by atoms with E-state index in [4.69, 9.17) is 0 Å². The third-order valence-electron chi connectivity index (χ3n) is 11.6. The summed E-state index contributed by atoms with van der Waals surface area (Å²) in [6, 6.07) is 83.6. The molecule has 2 heteroatoms. The highest BCUT2D eigenvalue weighted by atomic mass is 15.1.